The van der Waals surface area contributed by atoms with Gasteiger partial charge in [0.05, 0.1) is 10.6 Å². The molecule has 0 saturated heterocycles. The molecule has 0 N–H and O–H groups in total. The maximum Gasteiger partial charge on any atom is 0.195 e. The predicted molar refractivity (Wildman–Crippen MR) is 97.7 cm³/mol. The average molecular weight is 402 g/mol. The Morgan fingerprint density at radius 3 is 2.11 bits per heavy atom. The Balaban J connectivity index is 2.33. The summed E-state index contributed by atoms with van der Waals surface area (Å²) in [6.45, 7) is 0. The van der Waals surface area contributed by atoms with Crippen molar-refractivity contribution >= 4 is 19.7 Å². The molecular weight excluding hydrogens is 388 g/mol. The van der Waals surface area contributed by atoms with Crippen LogP contribution in [0.3, 0.4) is 0 Å². The molecule has 0 aliphatic rings. The van der Waals surface area contributed by atoms with Crippen molar-refractivity contribution in [2.45, 2.75) is 9.92 Å². The van der Waals surface area contributed by atoms with Gasteiger partial charge in [0, 0.05) is 24.3 Å². The van der Waals surface area contributed by atoms with Crippen molar-refractivity contribution in [2.75, 3.05) is 12.5 Å². The van der Waals surface area contributed by atoms with Gasteiger partial charge in [-0.25, -0.2) is 26.5 Å². The number of sulfone groups is 2. The van der Waals surface area contributed by atoms with Gasteiger partial charge in [-0.05, 0) is 12.1 Å². The Morgan fingerprint density at radius 1 is 0.963 bits per heavy atom. The summed E-state index contributed by atoms with van der Waals surface area (Å²) in [6.07, 6.45) is 3.19. The summed E-state index contributed by atoms with van der Waals surface area (Å²) in [5, 5.41) is 13.3. The van der Waals surface area contributed by atoms with Crippen molar-refractivity contribution in [3.05, 3.63) is 54.2 Å². The first-order valence-corrected chi connectivity index (χ1v) is 11.4. The molecule has 1 aromatic carbocycles. The zero-order valence-electron chi connectivity index (χ0n) is 14.4. The third kappa shape index (κ3) is 3.60. The van der Waals surface area contributed by atoms with Gasteiger partial charge in [-0.15, -0.1) is 0 Å². The van der Waals surface area contributed by atoms with Crippen molar-refractivity contribution in [3.63, 3.8) is 0 Å². The number of pyridine rings is 1. The number of benzene rings is 1. The molecule has 0 amide bonds. The lowest BCUT2D eigenvalue weighted by atomic mass is 10.1. The molecule has 0 aliphatic heterocycles. The van der Waals surface area contributed by atoms with Gasteiger partial charge in [0.25, 0.3) is 0 Å². The van der Waals surface area contributed by atoms with Crippen molar-refractivity contribution < 1.29 is 16.8 Å². The summed E-state index contributed by atoms with van der Waals surface area (Å²) in [5.41, 5.74) is 0.737. The number of nitrogens with zero attached hydrogens (tertiary/aromatic N) is 4. The summed E-state index contributed by atoms with van der Waals surface area (Å²) in [5.74, 6) is 0.188. The molecule has 138 valence electrons. The van der Waals surface area contributed by atoms with Crippen molar-refractivity contribution in [2.24, 2.45) is 0 Å². The van der Waals surface area contributed by atoms with E-state index in [0.29, 0.717) is 5.56 Å². The fourth-order valence-electron chi connectivity index (χ4n) is 2.50. The molecule has 3 aromatic rings. The third-order valence-electron chi connectivity index (χ3n) is 3.73. The second-order valence-corrected chi connectivity index (χ2v) is 9.76. The summed E-state index contributed by atoms with van der Waals surface area (Å²) in [4.78, 5) is 4.11. The van der Waals surface area contributed by atoms with Gasteiger partial charge in [-0.3, -0.25) is 0 Å². The minimum atomic E-state index is -3.77. The molecule has 0 unspecified atom stereocenters. The van der Waals surface area contributed by atoms with Gasteiger partial charge in [0.1, 0.15) is 11.6 Å². The van der Waals surface area contributed by atoms with Crippen molar-refractivity contribution in [1.29, 1.82) is 5.26 Å². The van der Waals surface area contributed by atoms with Crippen molar-refractivity contribution in [1.82, 2.24) is 14.8 Å². The number of aromatic nitrogens is 3. The quantitative estimate of drug-likeness (QED) is 0.649. The molecule has 0 bridgehead atoms. The normalized spacial score (nSPS) is 11.9. The highest BCUT2D eigenvalue weighted by atomic mass is 32.2. The number of rotatable bonds is 4. The van der Waals surface area contributed by atoms with Crippen LogP contribution < -0.4 is 0 Å². The van der Waals surface area contributed by atoms with Gasteiger partial charge in [0.2, 0.25) is 0 Å². The average Bonchev–Trinajstić information content (AvgIpc) is 3.02. The van der Waals surface area contributed by atoms with Gasteiger partial charge in [-0.1, -0.05) is 30.3 Å². The lowest BCUT2D eigenvalue weighted by Crippen LogP contribution is -2.05. The van der Waals surface area contributed by atoms with Crippen LogP contribution in [0.2, 0.25) is 0 Å². The topological polar surface area (TPSA) is 123 Å². The highest BCUT2D eigenvalue weighted by Gasteiger charge is 2.26. The molecule has 0 spiro atoms. The van der Waals surface area contributed by atoms with Gasteiger partial charge >= 0.3 is 0 Å². The van der Waals surface area contributed by atoms with E-state index in [4.69, 9.17) is 0 Å². The Hall–Kier alpha value is -3.03. The Bertz CT molecular complexity index is 1250. The van der Waals surface area contributed by atoms with Crippen LogP contribution in [0, 0.1) is 11.3 Å². The largest absolute Gasteiger partial charge is 0.236 e. The first-order valence-electron chi connectivity index (χ1n) is 7.58. The van der Waals surface area contributed by atoms with Crippen LogP contribution >= 0.6 is 0 Å². The Kier molecular flexibility index (Phi) is 4.59. The molecule has 0 radical (unpaired) electrons. The summed E-state index contributed by atoms with van der Waals surface area (Å²) >= 11 is 0. The van der Waals surface area contributed by atoms with E-state index in [-0.39, 0.29) is 27.0 Å². The standard InChI is InChI=1S/C17H14N4O4S2/c1-26(22,23)13-8-9-15(19-11-13)21-16(12-6-4-3-5-7-12)14(10-18)17(20-21)27(2,24)25/h3-9,11H,1-2H3. The molecule has 2 heterocycles. The zero-order chi connectivity index (χ0) is 19.8. The van der Waals surface area contributed by atoms with E-state index in [2.05, 4.69) is 10.1 Å². The van der Waals surface area contributed by atoms with Gasteiger partial charge in [-0.2, -0.15) is 10.4 Å². The smallest absolute Gasteiger partial charge is 0.195 e. The highest BCUT2D eigenvalue weighted by Crippen LogP contribution is 2.30. The van der Waals surface area contributed by atoms with E-state index < -0.39 is 19.7 Å². The van der Waals surface area contributed by atoms with Gasteiger partial charge < -0.3 is 0 Å². The van der Waals surface area contributed by atoms with E-state index in [1.807, 2.05) is 6.07 Å². The number of hydrogen-bond donors (Lipinski definition) is 0. The van der Waals surface area contributed by atoms with Gasteiger partial charge in [0.15, 0.2) is 30.5 Å². The predicted octanol–water partition coefficient (Wildman–Crippen LogP) is 1.61. The Labute approximate surface area is 156 Å². The van der Waals surface area contributed by atoms with Crippen LogP contribution in [-0.4, -0.2) is 44.1 Å². The maximum absolute atomic E-state index is 12.1. The molecular formula is C17H14N4O4S2. The summed E-state index contributed by atoms with van der Waals surface area (Å²) in [7, 11) is -7.21. The molecule has 10 heteroatoms. The molecule has 0 saturated carbocycles. The minimum Gasteiger partial charge on any atom is -0.236 e. The molecule has 27 heavy (non-hydrogen) atoms. The van der Waals surface area contributed by atoms with Crippen LogP contribution in [0.4, 0.5) is 0 Å². The molecule has 3 rings (SSSR count). The molecule has 8 nitrogen and oxygen atoms in total. The third-order valence-corrected chi connectivity index (χ3v) is 5.82. The van der Waals surface area contributed by atoms with E-state index in [0.717, 1.165) is 18.7 Å². The second kappa shape index (κ2) is 6.61. The van der Waals surface area contributed by atoms with E-state index >= 15 is 0 Å². The fraction of sp³-hybridized carbons (Fsp3) is 0.118. The summed E-state index contributed by atoms with van der Waals surface area (Å²) < 4.78 is 48.7. The fourth-order valence-corrected chi connectivity index (χ4v) is 3.81. The van der Waals surface area contributed by atoms with Crippen molar-refractivity contribution in [3.8, 4) is 23.1 Å². The molecule has 0 atom stereocenters. The van der Waals surface area contributed by atoms with E-state index in [1.165, 1.54) is 16.8 Å². The van der Waals surface area contributed by atoms with Crippen LogP contribution in [0.5, 0.6) is 0 Å². The second-order valence-electron chi connectivity index (χ2n) is 5.81. The Morgan fingerprint density at radius 2 is 1.63 bits per heavy atom. The van der Waals surface area contributed by atoms with E-state index in [1.54, 1.807) is 30.3 Å². The molecule has 2 aromatic heterocycles. The van der Waals surface area contributed by atoms with Crippen LogP contribution in [-0.2, 0) is 19.7 Å². The van der Waals surface area contributed by atoms with Crippen LogP contribution in [0.1, 0.15) is 5.56 Å². The highest BCUT2D eigenvalue weighted by molar-refractivity contribution is 7.91. The van der Waals surface area contributed by atoms with E-state index in [9.17, 15) is 22.1 Å². The lowest BCUT2D eigenvalue weighted by Gasteiger charge is -2.07. The SMILES string of the molecule is CS(=O)(=O)c1ccc(-n2nc(S(C)(=O)=O)c(C#N)c2-c2ccccc2)nc1. The monoisotopic (exact) mass is 402 g/mol. The molecule has 0 aliphatic carbocycles. The molecule has 0 fully saturated rings. The number of nitriles is 1. The maximum atomic E-state index is 12.1. The lowest BCUT2D eigenvalue weighted by molar-refractivity contribution is 0.595. The van der Waals surface area contributed by atoms with Crippen LogP contribution in [0.15, 0.2) is 58.6 Å². The number of hydrogen-bond acceptors (Lipinski definition) is 7. The zero-order valence-corrected chi connectivity index (χ0v) is 16.0. The van der Waals surface area contributed by atoms with Crippen LogP contribution in [0.25, 0.3) is 17.1 Å². The first kappa shape index (κ1) is 18.8. The first-order chi connectivity index (χ1) is 12.6. The minimum absolute atomic E-state index is 0.0171. The summed E-state index contributed by atoms with van der Waals surface area (Å²) in [6, 6.07) is 13.4.